The van der Waals surface area contributed by atoms with Crippen molar-refractivity contribution in [2.75, 3.05) is 13.7 Å². The maximum Gasteiger partial charge on any atom is 0.402 e. The molecule has 130 valence electrons. The Morgan fingerprint density at radius 2 is 1.83 bits per heavy atom. The van der Waals surface area contributed by atoms with E-state index < -0.39 is 40.3 Å². The van der Waals surface area contributed by atoms with E-state index in [0.29, 0.717) is 0 Å². The normalized spacial score (nSPS) is 13.6. The minimum absolute atomic E-state index is 0.209. The van der Waals surface area contributed by atoms with Crippen molar-refractivity contribution in [1.82, 2.24) is 4.72 Å². The number of carbonyl (C=O) groups excluding carboxylic acids is 1. The largest absolute Gasteiger partial charge is 0.469 e. The predicted molar refractivity (Wildman–Crippen MR) is 72.4 cm³/mol. The monoisotopic (exact) mass is 357 g/mol. The lowest BCUT2D eigenvalue weighted by Gasteiger charge is -2.17. The van der Waals surface area contributed by atoms with Gasteiger partial charge < -0.3 is 4.74 Å². The zero-order chi connectivity index (χ0) is 17.7. The van der Waals surface area contributed by atoms with Crippen LogP contribution in [0.2, 0.25) is 0 Å². The molecule has 1 rings (SSSR count). The van der Waals surface area contributed by atoms with Gasteiger partial charge in [0, 0.05) is 6.54 Å². The number of hydrogen-bond acceptors (Lipinski definition) is 4. The van der Waals surface area contributed by atoms with Gasteiger partial charge in [-0.05, 0) is 37.1 Å². The lowest BCUT2D eigenvalue weighted by atomic mass is 10.0. The number of methoxy groups -OCH3 is 1. The highest BCUT2D eigenvalue weighted by molar-refractivity contribution is 7.89. The fourth-order valence-electron chi connectivity index (χ4n) is 1.77. The Morgan fingerprint density at radius 3 is 2.30 bits per heavy atom. The number of ether oxygens (including phenoxy) is 1. The standard InChI is InChI=1S/C13H15F4NO4S/c1-22-12(19)11(13(15,16)17)3-2-8-18-23(20,21)10-6-4-9(14)5-7-10/h4-7,11,18H,2-3,8H2,1H3. The molecule has 5 nitrogen and oxygen atoms in total. The molecule has 0 spiro atoms. The second kappa shape index (κ2) is 7.73. The number of rotatable bonds is 7. The molecule has 1 unspecified atom stereocenters. The van der Waals surface area contributed by atoms with Crippen molar-refractivity contribution >= 4 is 16.0 Å². The summed E-state index contributed by atoms with van der Waals surface area (Å²) in [5.41, 5.74) is 0. The van der Waals surface area contributed by atoms with Gasteiger partial charge in [-0.2, -0.15) is 13.2 Å². The Hall–Kier alpha value is -1.68. The van der Waals surface area contributed by atoms with Crippen LogP contribution in [0.4, 0.5) is 17.6 Å². The first-order valence-corrected chi connectivity index (χ1v) is 7.96. The molecule has 0 bridgehead atoms. The average molecular weight is 357 g/mol. The molecule has 10 heteroatoms. The minimum atomic E-state index is -4.76. The number of carbonyl (C=O) groups is 1. The summed E-state index contributed by atoms with van der Waals surface area (Å²) in [7, 11) is -3.10. The maximum absolute atomic E-state index is 12.7. The molecule has 1 N–H and O–H groups in total. The molecule has 0 aliphatic rings. The second-order valence-electron chi connectivity index (χ2n) is 4.61. The molecule has 1 aromatic carbocycles. The van der Waals surface area contributed by atoms with Gasteiger partial charge in [-0.25, -0.2) is 17.5 Å². The molecular weight excluding hydrogens is 342 g/mol. The Labute approximate surface area is 130 Å². The Balaban J connectivity index is 2.58. The number of halogens is 4. The summed E-state index contributed by atoms with van der Waals surface area (Å²) < 4.78 is 80.5. The summed E-state index contributed by atoms with van der Waals surface area (Å²) in [5, 5.41) is 0. The summed E-state index contributed by atoms with van der Waals surface area (Å²) >= 11 is 0. The summed E-state index contributed by atoms with van der Waals surface area (Å²) in [4.78, 5) is 10.9. The van der Waals surface area contributed by atoms with Gasteiger partial charge in [-0.3, -0.25) is 4.79 Å². The molecule has 0 heterocycles. The lowest BCUT2D eigenvalue weighted by molar-refractivity contribution is -0.197. The molecule has 0 saturated heterocycles. The Morgan fingerprint density at radius 1 is 1.26 bits per heavy atom. The summed E-state index contributed by atoms with van der Waals surface area (Å²) in [6.07, 6.45) is -5.59. The van der Waals surface area contributed by atoms with Crippen molar-refractivity contribution < 1.29 is 35.5 Å². The van der Waals surface area contributed by atoms with E-state index in [1.54, 1.807) is 0 Å². The number of nitrogens with one attached hydrogen (secondary N) is 1. The molecule has 0 saturated carbocycles. The SMILES string of the molecule is COC(=O)C(CCCNS(=O)(=O)c1ccc(F)cc1)C(F)(F)F. The third-order valence-electron chi connectivity index (χ3n) is 2.97. The fourth-order valence-corrected chi connectivity index (χ4v) is 2.84. The third kappa shape index (κ3) is 5.79. The van der Waals surface area contributed by atoms with Crippen molar-refractivity contribution in [2.45, 2.75) is 23.9 Å². The van der Waals surface area contributed by atoms with Gasteiger partial charge in [0.2, 0.25) is 10.0 Å². The topological polar surface area (TPSA) is 72.5 Å². The molecule has 0 aliphatic carbocycles. The fraction of sp³-hybridized carbons (Fsp3) is 0.462. The summed E-state index contributed by atoms with van der Waals surface area (Å²) in [6, 6.07) is 3.96. The van der Waals surface area contributed by atoms with Crippen molar-refractivity contribution in [2.24, 2.45) is 5.92 Å². The Kier molecular flexibility index (Phi) is 6.51. The smallest absolute Gasteiger partial charge is 0.402 e. The zero-order valence-electron chi connectivity index (χ0n) is 12.1. The van der Waals surface area contributed by atoms with Crippen LogP contribution in [0.1, 0.15) is 12.8 Å². The highest BCUT2D eigenvalue weighted by Gasteiger charge is 2.45. The van der Waals surface area contributed by atoms with Gasteiger partial charge in [0.1, 0.15) is 5.82 Å². The van der Waals surface area contributed by atoms with Crippen LogP contribution in [0.25, 0.3) is 0 Å². The molecule has 1 atom stereocenters. The van der Waals surface area contributed by atoms with E-state index in [4.69, 9.17) is 0 Å². The number of sulfonamides is 1. The van der Waals surface area contributed by atoms with Crippen LogP contribution in [-0.2, 0) is 19.6 Å². The highest BCUT2D eigenvalue weighted by atomic mass is 32.2. The van der Waals surface area contributed by atoms with Gasteiger partial charge >= 0.3 is 12.1 Å². The van der Waals surface area contributed by atoms with Crippen LogP contribution < -0.4 is 4.72 Å². The number of esters is 1. The molecule has 0 radical (unpaired) electrons. The Bertz CT molecular complexity index is 628. The second-order valence-corrected chi connectivity index (χ2v) is 6.38. The van der Waals surface area contributed by atoms with Crippen LogP contribution in [0.3, 0.4) is 0 Å². The van der Waals surface area contributed by atoms with E-state index in [-0.39, 0.29) is 17.9 Å². The summed E-state index contributed by atoms with van der Waals surface area (Å²) in [5.74, 6) is -4.34. The van der Waals surface area contributed by atoms with Gasteiger partial charge in [0.05, 0.1) is 12.0 Å². The molecular formula is C13H15F4NO4S. The van der Waals surface area contributed by atoms with Crippen LogP contribution in [0, 0.1) is 11.7 Å². The van der Waals surface area contributed by atoms with Gasteiger partial charge in [-0.15, -0.1) is 0 Å². The first-order chi connectivity index (χ1) is 10.6. The third-order valence-corrected chi connectivity index (χ3v) is 4.44. The van der Waals surface area contributed by atoms with Crippen molar-refractivity contribution in [3.05, 3.63) is 30.1 Å². The van der Waals surface area contributed by atoms with Crippen LogP contribution in [-0.4, -0.2) is 34.2 Å². The average Bonchev–Trinajstić information content (AvgIpc) is 2.45. The quantitative estimate of drug-likeness (QED) is 0.461. The van der Waals surface area contributed by atoms with Crippen molar-refractivity contribution in [3.8, 4) is 0 Å². The molecule has 0 amide bonds. The molecule has 0 aliphatic heterocycles. The van der Waals surface area contributed by atoms with Gasteiger partial charge in [0.15, 0.2) is 5.92 Å². The molecule has 23 heavy (non-hydrogen) atoms. The first kappa shape index (κ1) is 19.4. The van der Waals surface area contributed by atoms with Crippen LogP contribution in [0.15, 0.2) is 29.2 Å². The zero-order valence-corrected chi connectivity index (χ0v) is 12.9. The van der Waals surface area contributed by atoms with E-state index in [1.165, 1.54) is 0 Å². The van der Waals surface area contributed by atoms with E-state index in [0.717, 1.165) is 31.4 Å². The number of benzene rings is 1. The van der Waals surface area contributed by atoms with E-state index in [2.05, 4.69) is 9.46 Å². The van der Waals surface area contributed by atoms with Crippen LogP contribution >= 0.6 is 0 Å². The van der Waals surface area contributed by atoms with Crippen LogP contribution in [0.5, 0.6) is 0 Å². The van der Waals surface area contributed by atoms with E-state index in [1.807, 2.05) is 0 Å². The van der Waals surface area contributed by atoms with E-state index >= 15 is 0 Å². The van der Waals surface area contributed by atoms with E-state index in [9.17, 15) is 30.8 Å². The summed E-state index contributed by atoms with van der Waals surface area (Å²) in [6.45, 7) is -0.302. The first-order valence-electron chi connectivity index (χ1n) is 6.47. The molecule has 0 fully saturated rings. The van der Waals surface area contributed by atoms with Crippen molar-refractivity contribution in [3.63, 3.8) is 0 Å². The molecule has 0 aromatic heterocycles. The highest BCUT2D eigenvalue weighted by Crippen LogP contribution is 2.30. The van der Waals surface area contributed by atoms with Gasteiger partial charge in [-0.1, -0.05) is 0 Å². The van der Waals surface area contributed by atoms with Crippen molar-refractivity contribution in [1.29, 1.82) is 0 Å². The number of hydrogen-bond donors (Lipinski definition) is 1. The predicted octanol–water partition coefficient (Wildman–Crippen LogP) is 2.24. The van der Waals surface area contributed by atoms with Gasteiger partial charge in [0.25, 0.3) is 0 Å². The minimum Gasteiger partial charge on any atom is -0.469 e. The lowest BCUT2D eigenvalue weighted by Crippen LogP contribution is -2.33. The molecule has 1 aromatic rings. The maximum atomic E-state index is 12.7. The number of alkyl halides is 3.